The summed E-state index contributed by atoms with van der Waals surface area (Å²) in [5.74, 6) is 0.0525. The lowest BCUT2D eigenvalue weighted by molar-refractivity contribution is 0.0987. The fourth-order valence-corrected chi connectivity index (χ4v) is 2.99. The van der Waals surface area contributed by atoms with Crippen molar-refractivity contribution in [3.63, 3.8) is 0 Å². The molecule has 1 aliphatic rings. The van der Waals surface area contributed by atoms with Crippen molar-refractivity contribution in [3.8, 4) is 0 Å². The number of halogens is 2. The Morgan fingerprint density at radius 1 is 1.18 bits per heavy atom. The molecule has 0 aromatic heterocycles. The topological polar surface area (TPSA) is 20.2 Å². The summed E-state index contributed by atoms with van der Waals surface area (Å²) in [5.41, 5.74) is 0.824. The average molecular weight is 301 g/mol. The SMILES string of the molecule is O[C@@H](c1ccc(F)c(Br)c1)C1CCCCCC1. The maximum absolute atomic E-state index is 13.1. The largest absolute Gasteiger partial charge is 0.388 e. The molecular weight excluding hydrogens is 283 g/mol. The normalized spacial score (nSPS) is 19.9. The van der Waals surface area contributed by atoms with Gasteiger partial charge in [-0.2, -0.15) is 0 Å². The molecule has 3 heteroatoms. The second-order valence-corrected chi connectivity index (χ2v) is 5.72. The molecule has 1 aliphatic carbocycles. The van der Waals surface area contributed by atoms with Gasteiger partial charge in [-0.15, -0.1) is 0 Å². The van der Waals surface area contributed by atoms with Crippen molar-refractivity contribution in [2.24, 2.45) is 5.92 Å². The third kappa shape index (κ3) is 3.29. The third-order valence-corrected chi connectivity index (χ3v) is 4.24. The summed E-state index contributed by atoms with van der Waals surface area (Å²) < 4.78 is 13.6. The van der Waals surface area contributed by atoms with E-state index in [0.717, 1.165) is 18.4 Å². The van der Waals surface area contributed by atoms with Gasteiger partial charge in [0.15, 0.2) is 0 Å². The van der Waals surface area contributed by atoms with Crippen LogP contribution >= 0.6 is 15.9 Å². The second kappa shape index (κ2) is 5.96. The van der Waals surface area contributed by atoms with Crippen LogP contribution in [0.2, 0.25) is 0 Å². The lowest BCUT2D eigenvalue weighted by atomic mass is 9.89. The molecule has 1 aromatic carbocycles. The molecule has 1 atom stereocenters. The highest BCUT2D eigenvalue weighted by Gasteiger charge is 2.22. The van der Waals surface area contributed by atoms with Gasteiger partial charge in [0.05, 0.1) is 10.6 Å². The number of hydrogen-bond acceptors (Lipinski definition) is 1. The van der Waals surface area contributed by atoms with Crippen molar-refractivity contribution in [3.05, 3.63) is 34.1 Å². The van der Waals surface area contributed by atoms with Gasteiger partial charge >= 0.3 is 0 Å². The molecule has 1 saturated carbocycles. The first-order valence-electron chi connectivity index (χ1n) is 6.31. The number of aliphatic hydroxyl groups is 1. The zero-order valence-electron chi connectivity index (χ0n) is 9.83. The van der Waals surface area contributed by atoms with Gasteiger partial charge < -0.3 is 5.11 Å². The highest BCUT2D eigenvalue weighted by molar-refractivity contribution is 9.10. The summed E-state index contributed by atoms with van der Waals surface area (Å²) in [7, 11) is 0. The van der Waals surface area contributed by atoms with Crippen LogP contribution in [-0.2, 0) is 0 Å². The number of aliphatic hydroxyl groups excluding tert-OH is 1. The maximum Gasteiger partial charge on any atom is 0.137 e. The van der Waals surface area contributed by atoms with Crippen LogP contribution in [0, 0.1) is 11.7 Å². The van der Waals surface area contributed by atoms with Gasteiger partial charge in [-0.3, -0.25) is 0 Å². The minimum atomic E-state index is -0.454. The van der Waals surface area contributed by atoms with E-state index in [0.29, 0.717) is 10.4 Å². The number of hydrogen-bond donors (Lipinski definition) is 1. The van der Waals surface area contributed by atoms with E-state index in [-0.39, 0.29) is 5.82 Å². The first-order valence-corrected chi connectivity index (χ1v) is 7.11. The minimum Gasteiger partial charge on any atom is -0.388 e. The van der Waals surface area contributed by atoms with Gasteiger partial charge in [0.2, 0.25) is 0 Å². The highest BCUT2D eigenvalue weighted by atomic mass is 79.9. The van der Waals surface area contributed by atoms with Gasteiger partial charge in [0.1, 0.15) is 5.82 Å². The molecule has 0 radical (unpaired) electrons. The molecule has 0 aliphatic heterocycles. The predicted molar refractivity (Wildman–Crippen MR) is 70.3 cm³/mol. The van der Waals surface area contributed by atoms with Crippen molar-refractivity contribution in [2.75, 3.05) is 0 Å². The number of benzene rings is 1. The van der Waals surface area contributed by atoms with Gasteiger partial charge in [-0.05, 0) is 52.4 Å². The first-order chi connectivity index (χ1) is 8.18. The quantitative estimate of drug-likeness (QED) is 0.792. The van der Waals surface area contributed by atoms with Crippen LogP contribution in [0.3, 0.4) is 0 Å². The Morgan fingerprint density at radius 3 is 2.41 bits per heavy atom. The van der Waals surface area contributed by atoms with Crippen molar-refractivity contribution < 1.29 is 9.50 Å². The fourth-order valence-electron chi connectivity index (χ4n) is 2.60. The van der Waals surface area contributed by atoms with Gasteiger partial charge in [0.25, 0.3) is 0 Å². The van der Waals surface area contributed by atoms with Crippen molar-refractivity contribution in [1.82, 2.24) is 0 Å². The van der Waals surface area contributed by atoms with Crippen LogP contribution in [0.25, 0.3) is 0 Å². The summed E-state index contributed by atoms with van der Waals surface area (Å²) in [4.78, 5) is 0. The van der Waals surface area contributed by atoms with Crippen LogP contribution < -0.4 is 0 Å². The maximum atomic E-state index is 13.1. The van der Waals surface area contributed by atoms with E-state index >= 15 is 0 Å². The van der Waals surface area contributed by atoms with Gasteiger partial charge in [-0.1, -0.05) is 31.7 Å². The molecule has 0 bridgehead atoms. The van der Waals surface area contributed by atoms with Crippen molar-refractivity contribution >= 4 is 15.9 Å². The molecule has 17 heavy (non-hydrogen) atoms. The second-order valence-electron chi connectivity index (χ2n) is 4.87. The molecule has 0 unspecified atom stereocenters. The first kappa shape index (κ1) is 13.0. The zero-order chi connectivity index (χ0) is 12.3. The Balaban J connectivity index is 2.11. The Bertz CT molecular complexity index is 372. The van der Waals surface area contributed by atoms with Crippen LogP contribution in [-0.4, -0.2) is 5.11 Å². The Labute approximate surface area is 110 Å². The molecular formula is C14H18BrFO. The summed E-state index contributed by atoms with van der Waals surface area (Å²) in [6.07, 6.45) is 6.65. The minimum absolute atomic E-state index is 0.276. The Kier molecular flexibility index (Phi) is 4.57. The molecule has 1 fully saturated rings. The molecule has 0 heterocycles. The molecule has 1 aromatic rings. The monoisotopic (exact) mass is 300 g/mol. The summed E-state index contributed by atoms with van der Waals surface area (Å²) in [5, 5.41) is 10.3. The van der Waals surface area contributed by atoms with E-state index in [1.165, 1.54) is 31.7 Å². The summed E-state index contributed by atoms with van der Waals surface area (Å²) in [6, 6.07) is 4.81. The Morgan fingerprint density at radius 2 is 1.82 bits per heavy atom. The van der Waals surface area contributed by atoms with E-state index in [1.54, 1.807) is 12.1 Å². The van der Waals surface area contributed by atoms with E-state index in [1.807, 2.05) is 0 Å². The van der Waals surface area contributed by atoms with Crippen LogP contribution in [0.4, 0.5) is 4.39 Å². The molecule has 0 saturated heterocycles. The molecule has 2 rings (SSSR count). The van der Waals surface area contributed by atoms with E-state index < -0.39 is 6.10 Å². The van der Waals surface area contributed by atoms with E-state index in [9.17, 15) is 9.50 Å². The molecule has 0 spiro atoms. The molecule has 94 valence electrons. The molecule has 1 nitrogen and oxygen atoms in total. The molecule has 0 amide bonds. The standard InChI is InChI=1S/C14H18BrFO/c15-12-9-11(7-8-13(12)16)14(17)10-5-3-1-2-4-6-10/h7-10,14,17H,1-6H2/t14-/m1/s1. The summed E-state index contributed by atoms with van der Waals surface area (Å²) in [6.45, 7) is 0. The van der Waals surface area contributed by atoms with E-state index in [2.05, 4.69) is 15.9 Å². The van der Waals surface area contributed by atoms with Crippen molar-refractivity contribution in [1.29, 1.82) is 0 Å². The highest BCUT2D eigenvalue weighted by Crippen LogP contribution is 2.34. The van der Waals surface area contributed by atoms with Crippen LogP contribution in [0.5, 0.6) is 0 Å². The van der Waals surface area contributed by atoms with Gasteiger partial charge in [-0.25, -0.2) is 4.39 Å². The van der Waals surface area contributed by atoms with Gasteiger partial charge in [0, 0.05) is 0 Å². The summed E-state index contributed by atoms with van der Waals surface area (Å²) >= 11 is 3.17. The Hall–Kier alpha value is -0.410. The molecule has 1 N–H and O–H groups in total. The van der Waals surface area contributed by atoms with Crippen LogP contribution in [0.1, 0.15) is 50.2 Å². The zero-order valence-corrected chi connectivity index (χ0v) is 11.4. The third-order valence-electron chi connectivity index (χ3n) is 3.63. The van der Waals surface area contributed by atoms with Crippen LogP contribution in [0.15, 0.2) is 22.7 Å². The smallest absolute Gasteiger partial charge is 0.137 e. The average Bonchev–Trinajstić information content (AvgIpc) is 2.60. The van der Waals surface area contributed by atoms with E-state index in [4.69, 9.17) is 0 Å². The van der Waals surface area contributed by atoms with Crippen molar-refractivity contribution in [2.45, 2.75) is 44.6 Å². The number of rotatable bonds is 2. The lowest BCUT2D eigenvalue weighted by Gasteiger charge is -2.21. The fraction of sp³-hybridized carbons (Fsp3) is 0.571. The predicted octanol–water partition coefficient (Wildman–Crippen LogP) is 4.59. The lowest BCUT2D eigenvalue weighted by Crippen LogP contribution is -2.12.